The van der Waals surface area contributed by atoms with Crippen LogP contribution in [-0.4, -0.2) is 33.3 Å². The van der Waals surface area contributed by atoms with Crippen LogP contribution in [0.15, 0.2) is 146 Å². The van der Waals surface area contributed by atoms with E-state index < -0.39 is 0 Å². The van der Waals surface area contributed by atoms with E-state index in [0.29, 0.717) is 17.5 Å². The van der Waals surface area contributed by atoms with Crippen LogP contribution in [0.2, 0.25) is 0 Å². The SMILES string of the molecule is CC1(C)OB(c2ccc(-c3cccc4c(-c5ccc(-c6nc(-c7ccccc7)nc(-c7ccccc7)n6)cc5)cccc34)cc2)OC1(C)C. The van der Waals surface area contributed by atoms with Crippen molar-refractivity contribution in [2.24, 2.45) is 0 Å². The van der Waals surface area contributed by atoms with Crippen molar-refractivity contribution in [3.8, 4) is 56.4 Å². The summed E-state index contributed by atoms with van der Waals surface area (Å²) in [6, 6.07) is 50.2. The minimum absolute atomic E-state index is 0.373. The van der Waals surface area contributed by atoms with Crippen LogP contribution in [0.5, 0.6) is 0 Å². The summed E-state index contributed by atoms with van der Waals surface area (Å²) in [4.78, 5) is 14.6. The van der Waals surface area contributed by atoms with Gasteiger partial charge in [-0.2, -0.15) is 0 Å². The Morgan fingerprint density at radius 2 is 0.755 bits per heavy atom. The standard InChI is InChI=1S/C43H36BN3O2/c1-42(2)43(3,4)49-44(48-42)34-27-25-30(26-28-34)36-18-12-19-37-35(17-11-20-38(36)37)29-21-23-33(24-22-29)41-46-39(31-13-7-5-8-14-31)45-40(47-41)32-15-9-6-10-16-32/h5-28H,1-4H3. The van der Waals surface area contributed by atoms with E-state index in [2.05, 4.69) is 113 Å². The van der Waals surface area contributed by atoms with Crippen LogP contribution >= 0.6 is 0 Å². The van der Waals surface area contributed by atoms with E-state index in [1.165, 1.54) is 21.9 Å². The molecule has 0 radical (unpaired) electrons. The highest BCUT2D eigenvalue weighted by Gasteiger charge is 2.51. The molecule has 238 valence electrons. The fourth-order valence-electron chi connectivity index (χ4n) is 6.35. The number of aromatic nitrogens is 3. The molecule has 0 amide bonds. The molecule has 0 bridgehead atoms. The summed E-state index contributed by atoms with van der Waals surface area (Å²) in [5.74, 6) is 1.95. The first kappa shape index (κ1) is 30.9. The predicted molar refractivity (Wildman–Crippen MR) is 200 cm³/mol. The van der Waals surface area contributed by atoms with Crippen molar-refractivity contribution in [3.05, 3.63) is 146 Å². The molecule has 5 nitrogen and oxygen atoms in total. The van der Waals surface area contributed by atoms with Crippen LogP contribution in [0.3, 0.4) is 0 Å². The van der Waals surface area contributed by atoms with Gasteiger partial charge in [-0.15, -0.1) is 0 Å². The van der Waals surface area contributed by atoms with Gasteiger partial charge in [0.2, 0.25) is 0 Å². The van der Waals surface area contributed by atoms with E-state index in [9.17, 15) is 0 Å². The Morgan fingerprint density at radius 3 is 1.18 bits per heavy atom. The first-order valence-electron chi connectivity index (χ1n) is 16.7. The topological polar surface area (TPSA) is 57.1 Å². The maximum Gasteiger partial charge on any atom is 0.494 e. The monoisotopic (exact) mass is 637 g/mol. The molecule has 6 aromatic carbocycles. The largest absolute Gasteiger partial charge is 0.494 e. The molecule has 0 saturated carbocycles. The molecule has 7 aromatic rings. The van der Waals surface area contributed by atoms with Crippen molar-refractivity contribution in [1.29, 1.82) is 0 Å². The molecule has 1 aromatic heterocycles. The van der Waals surface area contributed by atoms with E-state index in [4.69, 9.17) is 24.3 Å². The first-order valence-corrected chi connectivity index (χ1v) is 16.7. The lowest BCUT2D eigenvalue weighted by Crippen LogP contribution is -2.41. The number of fused-ring (bicyclic) bond motifs is 1. The molecule has 49 heavy (non-hydrogen) atoms. The summed E-state index contributed by atoms with van der Waals surface area (Å²) < 4.78 is 12.6. The number of nitrogens with zero attached hydrogens (tertiary/aromatic N) is 3. The lowest BCUT2D eigenvalue weighted by atomic mass is 9.78. The highest BCUT2D eigenvalue weighted by molar-refractivity contribution is 6.62. The van der Waals surface area contributed by atoms with Crippen LogP contribution in [0.25, 0.3) is 67.2 Å². The van der Waals surface area contributed by atoms with E-state index in [1.54, 1.807) is 0 Å². The van der Waals surface area contributed by atoms with Gasteiger partial charge in [0.1, 0.15) is 0 Å². The number of hydrogen-bond donors (Lipinski definition) is 0. The van der Waals surface area contributed by atoms with Gasteiger partial charge in [0.05, 0.1) is 11.2 Å². The van der Waals surface area contributed by atoms with Crippen LogP contribution in [0, 0.1) is 0 Å². The van der Waals surface area contributed by atoms with Crippen LogP contribution in [0.1, 0.15) is 27.7 Å². The Balaban J connectivity index is 1.12. The van der Waals surface area contributed by atoms with Crippen molar-refractivity contribution in [2.75, 3.05) is 0 Å². The van der Waals surface area contributed by atoms with Crippen LogP contribution in [-0.2, 0) is 9.31 Å². The quantitative estimate of drug-likeness (QED) is 0.170. The van der Waals surface area contributed by atoms with Crippen LogP contribution < -0.4 is 5.46 Å². The van der Waals surface area contributed by atoms with Gasteiger partial charge in [0.25, 0.3) is 0 Å². The van der Waals surface area contributed by atoms with E-state index in [-0.39, 0.29) is 18.3 Å². The van der Waals surface area contributed by atoms with Crippen molar-refractivity contribution in [3.63, 3.8) is 0 Å². The van der Waals surface area contributed by atoms with Gasteiger partial charge in [-0.25, -0.2) is 15.0 Å². The molecule has 0 atom stereocenters. The Labute approximate surface area is 287 Å². The average Bonchev–Trinajstić information content (AvgIpc) is 3.37. The third kappa shape index (κ3) is 5.84. The highest BCUT2D eigenvalue weighted by atomic mass is 16.7. The van der Waals surface area contributed by atoms with Crippen molar-refractivity contribution >= 4 is 23.4 Å². The summed E-state index contributed by atoms with van der Waals surface area (Å²) >= 11 is 0. The van der Waals surface area contributed by atoms with Gasteiger partial charge < -0.3 is 9.31 Å². The maximum atomic E-state index is 6.29. The minimum Gasteiger partial charge on any atom is -0.399 e. The maximum absolute atomic E-state index is 6.29. The van der Waals surface area contributed by atoms with Crippen molar-refractivity contribution in [2.45, 2.75) is 38.9 Å². The zero-order chi connectivity index (χ0) is 33.6. The fourth-order valence-corrected chi connectivity index (χ4v) is 6.35. The zero-order valence-corrected chi connectivity index (χ0v) is 28.1. The van der Waals surface area contributed by atoms with E-state index in [0.717, 1.165) is 33.3 Å². The fraction of sp³-hybridized carbons (Fsp3) is 0.140. The molecule has 0 aliphatic carbocycles. The second-order valence-electron chi connectivity index (χ2n) is 13.5. The summed E-state index contributed by atoms with van der Waals surface area (Å²) in [6.45, 7) is 8.33. The van der Waals surface area contributed by atoms with Gasteiger partial charge >= 0.3 is 7.12 Å². The van der Waals surface area contributed by atoms with Gasteiger partial charge in [-0.1, -0.05) is 146 Å². The number of rotatable bonds is 6. The van der Waals surface area contributed by atoms with Crippen LogP contribution in [0.4, 0.5) is 0 Å². The van der Waals surface area contributed by atoms with E-state index in [1.807, 2.05) is 60.7 Å². The Hall–Kier alpha value is -5.43. The second kappa shape index (κ2) is 12.2. The third-order valence-corrected chi connectivity index (χ3v) is 9.82. The lowest BCUT2D eigenvalue weighted by Gasteiger charge is -2.32. The number of benzene rings is 6. The minimum atomic E-state index is -0.381. The molecule has 0 N–H and O–H groups in total. The van der Waals surface area contributed by atoms with Crippen molar-refractivity contribution in [1.82, 2.24) is 15.0 Å². The molecule has 1 aliphatic rings. The Morgan fingerprint density at radius 1 is 0.388 bits per heavy atom. The molecule has 2 heterocycles. The second-order valence-corrected chi connectivity index (χ2v) is 13.5. The summed E-state index contributed by atoms with van der Waals surface area (Å²) in [6.07, 6.45) is 0. The molecule has 0 spiro atoms. The first-order chi connectivity index (χ1) is 23.8. The molecular weight excluding hydrogens is 601 g/mol. The third-order valence-electron chi connectivity index (χ3n) is 9.82. The van der Waals surface area contributed by atoms with Crippen molar-refractivity contribution < 1.29 is 9.31 Å². The summed E-state index contributed by atoms with van der Waals surface area (Å²) in [5, 5.41) is 2.39. The van der Waals surface area contributed by atoms with Gasteiger partial charge in [-0.3, -0.25) is 0 Å². The van der Waals surface area contributed by atoms with Gasteiger partial charge in [-0.05, 0) is 66.2 Å². The highest BCUT2D eigenvalue weighted by Crippen LogP contribution is 2.38. The molecule has 1 aliphatic heterocycles. The lowest BCUT2D eigenvalue weighted by molar-refractivity contribution is 0.00578. The molecule has 8 rings (SSSR count). The predicted octanol–water partition coefficient (Wildman–Crippen LogP) is 9.66. The zero-order valence-electron chi connectivity index (χ0n) is 28.1. The summed E-state index contributed by atoms with van der Waals surface area (Å²) in [5.41, 5.74) is 7.75. The normalized spacial score (nSPS) is 15.1. The summed E-state index contributed by atoms with van der Waals surface area (Å²) in [7, 11) is -0.381. The Bertz CT molecular complexity index is 2200. The van der Waals surface area contributed by atoms with E-state index >= 15 is 0 Å². The molecule has 6 heteroatoms. The smallest absolute Gasteiger partial charge is 0.399 e. The molecular formula is C43H36BN3O2. The number of hydrogen-bond acceptors (Lipinski definition) is 5. The molecule has 1 fully saturated rings. The van der Waals surface area contributed by atoms with Gasteiger partial charge in [0.15, 0.2) is 17.5 Å². The average molecular weight is 638 g/mol. The Kier molecular flexibility index (Phi) is 7.71. The van der Waals surface area contributed by atoms with Gasteiger partial charge in [0, 0.05) is 16.7 Å². The molecule has 0 unspecified atom stereocenters. The molecule has 1 saturated heterocycles.